The van der Waals surface area contributed by atoms with Crippen molar-refractivity contribution in [2.75, 3.05) is 13.1 Å². The molecule has 1 aliphatic rings. The average molecular weight is 257 g/mol. The van der Waals surface area contributed by atoms with Gasteiger partial charge in [-0.25, -0.2) is 4.98 Å². The van der Waals surface area contributed by atoms with Gasteiger partial charge in [0.15, 0.2) is 0 Å². The second kappa shape index (κ2) is 5.43. The predicted molar refractivity (Wildman–Crippen MR) is 73.9 cm³/mol. The highest BCUT2D eigenvalue weighted by molar-refractivity contribution is 5.78. The number of aromatic nitrogens is 2. The van der Waals surface area contributed by atoms with Crippen molar-refractivity contribution in [3.05, 3.63) is 36.3 Å². The molecule has 2 aromatic rings. The molecule has 4 heteroatoms. The molecule has 0 atom stereocenters. The average Bonchev–Trinajstić information content (AvgIpc) is 2.63. The molecule has 3 heterocycles. The number of rotatable bonds is 2. The summed E-state index contributed by atoms with van der Waals surface area (Å²) in [6, 6.07) is 5.89. The van der Waals surface area contributed by atoms with Crippen LogP contribution >= 0.6 is 0 Å². The minimum absolute atomic E-state index is 0.213. The number of likely N-dealkylation sites (tertiary alicyclic amines) is 1. The fourth-order valence-electron chi connectivity index (χ4n) is 2.66. The number of pyridine rings is 1. The molecule has 0 aromatic carbocycles. The predicted octanol–water partition coefficient (Wildman–Crippen LogP) is 2.28. The lowest BCUT2D eigenvalue weighted by molar-refractivity contribution is -0.130. The van der Waals surface area contributed by atoms with Crippen LogP contribution in [0.15, 0.2) is 30.6 Å². The first kappa shape index (κ1) is 12.2. The van der Waals surface area contributed by atoms with E-state index in [0.29, 0.717) is 6.42 Å². The van der Waals surface area contributed by atoms with Gasteiger partial charge in [-0.1, -0.05) is 18.9 Å². The Kier molecular flexibility index (Phi) is 3.49. The van der Waals surface area contributed by atoms with Crippen LogP contribution < -0.4 is 0 Å². The van der Waals surface area contributed by atoms with Gasteiger partial charge in [0.1, 0.15) is 5.65 Å². The Morgan fingerprint density at radius 3 is 2.68 bits per heavy atom. The standard InChI is InChI=1S/C15H19N3O/c19-15(17-8-4-1-2-5-9-17)11-13-12-18-10-6-3-7-14(18)16-13/h3,6-7,10,12H,1-2,4-5,8-9,11H2. The smallest absolute Gasteiger partial charge is 0.228 e. The summed E-state index contributed by atoms with van der Waals surface area (Å²) in [4.78, 5) is 18.8. The molecule has 3 rings (SSSR count). The fourth-order valence-corrected chi connectivity index (χ4v) is 2.66. The van der Waals surface area contributed by atoms with Crippen LogP contribution in [0.1, 0.15) is 31.4 Å². The summed E-state index contributed by atoms with van der Waals surface area (Å²) in [5, 5.41) is 0. The van der Waals surface area contributed by atoms with E-state index < -0.39 is 0 Å². The molecule has 0 N–H and O–H groups in total. The van der Waals surface area contributed by atoms with E-state index in [1.165, 1.54) is 12.8 Å². The molecule has 1 amide bonds. The van der Waals surface area contributed by atoms with Crippen LogP contribution in [0.3, 0.4) is 0 Å². The molecule has 2 aromatic heterocycles. The van der Waals surface area contributed by atoms with Gasteiger partial charge in [0, 0.05) is 25.5 Å². The number of hydrogen-bond acceptors (Lipinski definition) is 2. The van der Waals surface area contributed by atoms with E-state index >= 15 is 0 Å². The quantitative estimate of drug-likeness (QED) is 0.827. The molecular formula is C15H19N3O. The van der Waals surface area contributed by atoms with Gasteiger partial charge in [0.2, 0.25) is 5.91 Å². The zero-order chi connectivity index (χ0) is 13.1. The maximum Gasteiger partial charge on any atom is 0.228 e. The van der Waals surface area contributed by atoms with Crippen molar-refractivity contribution in [2.45, 2.75) is 32.1 Å². The van der Waals surface area contributed by atoms with Crippen molar-refractivity contribution in [2.24, 2.45) is 0 Å². The molecule has 4 nitrogen and oxygen atoms in total. The molecule has 100 valence electrons. The van der Waals surface area contributed by atoms with Crippen LogP contribution in [0.4, 0.5) is 0 Å². The summed E-state index contributed by atoms with van der Waals surface area (Å²) < 4.78 is 1.96. The third kappa shape index (κ3) is 2.78. The zero-order valence-corrected chi connectivity index (χ0v) is 11.1. The van der Waals surface area contributed by atoms with E-state index in [1.807, 2.05) is 39.9 Å². The summed E-state index contributed by atoms with van der Waals surface area (Å²) >= 11 is 0. The van der Waals surface area contributed by atoms with Gasteiger partial charge in [-0.05, 0) is 25.0 Å². The molecular weight excluding hydrogens is 238 g/mol. The van der Waals surface area contributed by atoms with Crippen molar-refractivity contribution >= 4 is 11.6 Å². The lowest BCUT2D eigenvalue weighted by Gasteiger charge is -2.19. The summed E-state index contributed by atoms with van der Waals surface area (Å²) in [7, 11) is 0. The van der Waals surface area contributed by atoms with Gasteiger partial charge >= 0.3 is 0 Å². The maximum atomic E-state index is 12.3. The van der Waals surface area contributed by atoms with E-state index in [0.717, 1.165) is 37.3 Å². The van der Waals surface area contributed by atoms with Gasteiger partial charge < -0.3 is 9.30 Å². The molecule has 0 saturated carbocycles. The number of imidazole rings is 1. The number of amides is 1. The van der Waals surface area contributed by atoms with Crippen molar-refractivity contribution in [3.63, 3.8) is 0 Å². The monoisotopic (exact) mass is 257 g/mol. The molecule has 19 heavy (non-hydrogen) atoms. The van der Waals surface area contributed by atoms with Crippen molar-refractivity contribution in [1.82, 2.24) is 14.3 Å². The van der Waals surface area contributed by atoms with E-state index in [1.54, 1.807) is 0 Å². The maximum absolute atomic E-state index is 12.3. The van der Waals surface area contributed by atoms with E-state index in [-0.39, 0.29) is 5.91 Å². The van der Waals surface area contributed by atoms with Crippen LogP contribution in [-0.4, -0.2) is 33.3 Å². The van der Waals surface area contributed by atoms with Crippen LogP contribution in [0.25, 0.3) is 5.65 Å². The van der Waals surface area contributed by atoms with Crippen LogP contribution in [0.5, 0.6) is 0 Å². The lowest BCUT2D eigenvalue weighted by Crippen LogP contribution is -2.33. The van der Waals surface area contributed by atoms with Gasteiger partial charge in [0.25, 0.3) is 0 Å². The molecule has 0 spiro atoms. The highest BCUT2D eigenvalue weighted by Crippen LogP contribution is 2.12. The fraction of sp³-hybridized carbons (Fsp3) is 0.467. The van der Waals surface area contributed by atoms with E-state index in [4.69, 9.17) is 0 Å². The van der Waals surface area contributed by atoms with Crippen LogP contribution in [-0.2, 0) is 11.2 Å². The molecule has 0 bridgehead atoms. The minimum Gasteiger partial charge on any atom is -0.342 e. The number of hydrogen-bond donors (Lipinski definition) is 0. The topological polar surface area (TPSA) is 37.6 Å². The Morgan fingerprint density at radius 2 is 1.95 bits per heavy atom. The Balaban J connectivity index is 1.71. The lowest BCUT2D eigenvalue weighted by atomic mass is 10.2. The minimum atomic E-state index is 0.213. The number of carbonyl (C=O) groups is 1. The zero-order valence-electron chi connectivity index (χ0n) is 11.1. The number of nitrogens with zero attached hydrogens (tertiary/aromatic N) is 3. The highest BCUT2D eigenvalue weighted by Gasteiger charge is 2.16. The SMILES string of the molecule is O=C(Cc1cn2ccccc2n1)N1CCCCCC1. The largest absolute Gasteiger partial charge is 0.342 e. The molecule has 1 fully saturated rings. The third-order valence-electron chi connectivity index (χ3n) is 3.70. The van der Waals surface area contributed by atoms with Crippen molar-refractivity contribution in [1.29, 1.82) is 0 Å². The Bertz CT molecular complexity index is 535. The van der Waals surface area contributed by atoms with Gasteiger partial charge in [0.05, 0.1) is 12.1 Å². The molecule has 0 aliphatic carbocycles. The number of fused-ring (bicyclic) bond motifs is 1. The van der Waals surface area contributed by atoms with Gasteiger partial charge in [-0.15, -0.1) is 0 Å². The molecule has 1 aliphatic heterocycles. The van der Waals surface area contributed by atoms with Crippen LogP contribution in [0.2, 0.25) is 0 Å². The van der Waals surface area contributed by atoms with E-state index in [2.05, 4.69) is 4.98 Å². The second-order valence-electron chi connectivity index (χ2n) is 5.17. The second-order valence-corrected chi connectivity index (χ2v) is 5.17. The number of carbonyl (C=O) groups excluding carboxylic acids is 1. The van der Waals surface area contributed by atoms with Gasteiger partial charge in [-0.3, -0.25) is 4.79 Å². The first-order valence-electron chi connectivity index (χ1n) is 7.03. The summed E-state index contributed by atoms with van der Waals surface area (Å²) in [5.41, 5.74) is 1.77. The third-order valence-corrected chi connectivity index (χ3v) is 3.70. The highest BCUT2D eigenvalue weighted by atomic mass is 16.2. The van der Waals surface area contributed by atoms with E-state index in [9.17, 15) is 4.79 Å². The Labute approximate surface area is 113 Å². The first-order valence-corrected chi connectivity index (χ1v) is 7.03. The summed E-state index contributed by atoms with van der Waals surface area (Å²) in [6.07, 6.45) is 9.10. The first-order chi connectivity index (χ1) is 9.33. The molecule has 0 radical (unpaired) electrons. The normalized spacial score (nSPS) is 16.5. The Morgan fingerprint density at radius 1 is 1.16 bits per heavy atom. The summed E-state index contributed by atoms with van der Waals surface area (Å²) in [5.74, 6) is 0.213. The molecule has 0 unspecified atom stereocenters. The van der Waals surface area contributed by atoms with Gasteiger partial charge in [-0.2, -0.15) is 0 Å². The summed E-state index contributed by atoms with van der Waals surface area (Å²) in [6.45, 7) is 1.82. The van der Waals surface area contributed by atoms with Crippen molar-refractivity contribution < 1.29 is 4.79 Å². The molecule has 1 saturated heterocycles. The Hall–Kier alpha value is -1.84. The van der Waals surface area contributed by atoms with Crippen molar-refractivity contribution in [3.8, 4) is 0 Å². The van der Waals surface area contributed by atoms with Crippen LogP contribution in [0, 0.1) is 0 Å².